The van der Waals surface area contributed by atoms with Crippen molar-refractivity contribution < 1.29 is 0 Å². The highest BCUT2D eigenvalue weighted by atomic mass is 35.5. The fourth-order valence-electron chi connectivity index (χ4n) is 3.83. The lowest BCUT2D eigenvalue weighted by molar-refractivity contribution is 0.596. The SMILES string of the molecule is CCCCCCCCCNc1cccc2c1C(CC)C(=C(Cl)Cl)N2C. The number of likely N-dealkylation sites (N-methyl/N-ethyl adjacent to an activating group) is 1. The van der Waals surface area contributed by atoms with E-state index in [1.165, 1.54) is 61.9 Å². The Labute approximate surface area is 163 Å². The van der Waals surface area contributed by atoms with Crippen LogP contribution in [0.2, 0.25) is 0 Å². The zero-order valence-corrected chi connectivity index (χ0v) is 17.4. The number of hydrogen-bond acceptors (Lipinski definition) is 2. The normalized spacial score (nSPS) is 16.3. The Morgan fingerprint density at radius 3 is 2.36 bits per heavy atom. The third-order valence-corrected chi connectivity index (χ3v) is 5.57. The van der Waals surface area contributed by atoms with Crippen molar-refractivity contribution in [1.82, 2.24) is 0 Å². The first-order valence-electron chi connectivity index (χ1n) is 9.77. The maximum atomic E-state index is 6.18. The molecule has 1 aromatic rings. The summed E-state index contributed by atoms with van der Waals surface area (Å²) in [5.41, 5.74) is 4.80. The molecule has 1 aliphatic heterocycles. The van der Waals surface area contributed by atoms with Gasteiger partial charge in [0, 0.05) is 36.4 Å². The first kappa shape index (κ1) is 20.5. The molecule has 0 radical (unpaired) electrons. The molecule has 1 N–H and O–H groups in total. The van der Waals surface area contributed by atoms with E-state index in [0.29, 0.717) is 4.49 Å². The maximum absolute atomic E-state index is 6.18. The maximum Gasteiger partial charge on any atom is 0.126 e. The van der Waals surface area contributed by atoms with E-state index in [-0.39, 0.29) is 5.92 Å². The Balaban J connectivity index is 1.95. The van der Waals surface area contributed by atoms with E-state index in [1.54, 1.807) is 0 Å². The van der Waals surface area contributed by atoms with Gasteiger partial charge in [0.15, 0.2) is 0 Å². The highest BCUT2D eigenvalue weighted by molar-refractivity contribution is 6.56. The summed E-state index contributed by atoms with van der Waals surface area (Å²) in [5.74, 6) is 0.266. The lowest BCUT2D eigenvalue weighted by Gasteiger charge is -2.17. The van der Waals surface area contributed by atoms with E-state index in [4.69, 9.17) is 23.2 Å². The summed E-state index contributed by atoms with van der Waals surface area (Å²) in [6, 6.07) is 6.45. The van der Waals surface area contributed by atoms with Gasteiger partial charge >= 0.3 is 0 Å². The predicted octanol–water partition coefficient (Wildman–Crippen LogP) is 7.44. The van der Waals surface area contributed by atoms with Crippen molar-refractivity contribution in [3.63, 3.8) is 0 Å². The molecular formula is C21H32Cl2N2. The predicted molar refractivity (Wildman–Crippen MR) is 113 cm³/mol. The molecule has 140 valence electrons. The third kappa shape index (κ3) is 5.08. The molecule has 0 bridgehead atoms. The van der Waals surface area contributed by atoms with E-state index >= 15 is 0 Å². The number of unbranched alkanes of at least 4 members (excludes halogenated alkanes) is 6. The molecule has 2 nitrogen and oxygen atoms in total. The molecule has 1 aromatic carbocycles. The molecule has 0 amide bonds. The van der Waals surface area contributed by atoms with Gasteiger partial charge in [-0.3, -0.25) is 0 Å². The van der Waals surface area contributed by atoms with Crippen molar-refractivity contribution >= 4 is 34.6 Å². The van der Waals surface area contributed by atoms with Gasteiger partial charge in [-0.25, -0.2) is 0 Å². The molecule has 1 atom stereocenters. The fourth-order valence-corrected chi connectivity index (χ4v) is 4.34. The number of allylic oxidation sites excluding steroid dienone is 1. The molecule has 2 rings (SSSR count). The van der Waals surface area contributed by atoms with Gasteiger partial charge in [0.2, 0.25) is 0 Å². The highest BCUT2D eigenvalue weighted by Gasteiger charge is 2.34. The van der Waals surface area contributed by atoms with Crippen molar-refractivity contribution in [2.75, 3.05) is 23.8 Å². The van der Waals surface area contributed by atoms with E-state index in [9.17, 15) is 0 Å². The van der Waals surface area contributed by atoms with Crippen molar-refractivity contribution in [3.8, 4) is 0 Å². The molecule has 1 unspecified atom stereocenters. The largest absolute Gasteiger partial charge is 0.385 e. The number of fused-ring (bicyclic) bond motifs is 1. The van der Waals surface area contributed by atoms with Crippen LogP contribution in [0.3, 0.4) is 0 Å². The number of benzene rings is 1. The Morgan fingerprint density at radius 2 is 1.72 bits per heavy atom. The van der Waals surface area contributed by atoms with E-state index in [2.05, 4.69) is 49.3 Å². The minimum atomic E-state index is 0.266. The van der Waals surface area contributed by atoms with Crippen molar-refractivity contribution in [2.45, 2.75) is 71.1 Å². The Morgan fingerprint density at radius 1 is 1.04 bits per heavy atom. The number of halogens is 2. The number of nitrogens with one attached hydrogen (secondary N) is 1. The molecule has 0 aliphatic carbocycles. The van der Waals surface area contributed by atoms with Crippen LogP contribution in [0.5, 0.6) is 0 Å². The van der Waals surface area contributed by atoms with Gasteiger partial charge in [-0.15, -0.1) is 0 Å². The van der Waals surface area contributed by atoms with Crippen LogP contribution >= 0.6 is 23.2 Å². The van der Waals surface area contributed by atoms with Crippen LogP contribution in [0.25, 0.3) is 0 Å². The van der Waals surface area contributed by atoms with Gasteiger partial charge in [-0.2, -0.15) is 0 Å². The summed E-state index contributed by atoms with van der Waals surface area (Å²) in [6.45, 7) is 5.48. The average Bonchev–Trinajstić information content (AvgIpc) is 2.90. The first-order valence-corrected chi connectivity index (χ1v) is 10.5. The molecule has 0 spiro atoms. The Kier molecular flexibility index (Phi) is 8.45. The fraction of sp³-hybridized carbons (Fsp3) is 0.619. The zero-order chi connectivity index (χ0) is 18.2. The summed E-state index contributed by atoms with van der Waals surface area (Å²) in [6.07, 6.45) is 10.3. The van der Waals surface area contributed by atoms with Crippen molar-refractivity contribution in [2.24, 2.45) is 0 Å². The second kappa shape index (κ2) is 10.3. The van der Waals surface area contributed by atoms with Gasteiger partial charge in [0.05, 0.1) is 5.70 Å². The molecular weight excluding hydrogens is 351 g/mol. The van der Waals surface area contributed by atoms with Gasteiger partial charge in [-0.05, 0) is 25.0 Å². The number of anilines is 2. The molecule has 0 fully saturated rings. The van der Waals surface area contributed by atoms with Crippen LogP contribution in [0.1, 0.15) is 76.7 Å². The minimum absolute atomic E-state index is 0.266. The van der Waals surface area contributed by atoms with E-state index < -0.39 is 0 Å². The van der Waals surface area contributed by atoms with Crippen LogP contribution < -0.4 is 10.2 Å². The van der Waals surface area contributed by atoms with Crippen LogP contribution in [0, 0.1) is 0 Å². The first-order chi connectivity index (χ1) is 12.1. The lowest BCUT2D eigenvalue weighted by Crippen LogP contribution is -2.13. The topological polar surface area (TPSA) is 15.3 Å². The number of rotatable bonds is 10. The summed E-state index contributed by atoms with van der Waals surface area (Å²) >= 11 is 12.4. The molecule has 0 saturated carbocycles. The summed E-state index contributed by atoms with van der Waals surface area (Å²) in [5, 5.41) is 3.66. The standard InChI is InChI=1S/C21H32Cl2N2/c1-4-6-7-8-9-10-11-15-24-17-13-12-14-18-19(17)16(5-2)20(21(22)23)25(18)3/h12-14,16,24H,4-11,15H2,1-3H3. The molecule has 0 saturated heterocycles. The lowest BCUT2D eigenvalue weighted by atomic mass is 9.95. The van der Waals surface area contributed by atoms with Crippen LogP contribution in [0.4, 0.5) is 11.4 Å². The van der Waals surface area contributed by atoms with Gasteiger partial charge in [-0.1, -0.05) is 81.6 Å². The number of hydrogen-bond donors (Lipinski definition) is 1. The summed E-state index contributed by atoms with van der Waals surface area (Å²) < 4.78 is 0.378. The third-order valence-electron chi connectivity index (χ3n) is 5.18. The van der Waals surface area contributed by atoms with Crippen LogP contribution in [-0.4, -0.2) is 13.6 Å². The Bertz CT molecular complexity index is 579. The highest BCUT2D eigenvalue weighted by Crippen LogP contribution is 2.49. The van der Waals surface area contributed by atoms with Crippen molar-refractivity contribution in [1.29, 1.82) is 0 Å². The van der Waals surface area contributed by atoms with E-state index in [0.717, 1.165) is 18.7 Å². The van der Waals surface area contributed by atoms with Crippen LogP contribution in [-0.2, 0) is 0 Å². The van der Waals surface area contributed by atoms with Gasteiger partial charge in [0.25, 0.3) is 0 Å². The van der Waals surface area contributed by atoms with Gasteiger partial charge < -0.3 is 10.2 Å². The molecule has 25 heavy (non-hydrogen) atoms. The van der Waals surface area contributed by atoms with E-state index in [1.807, 2.05) is 0 Å². The van der Waals surface area contributed by atoms with Crippen molar-refractivity contribution in [3.05, 3.63) is 34.0 Å². The summed E-state index contributed by atoms with van der Waals surface area (Å²) in [4.78, 5) is 2.14. The molecule has 0 aromatic heterocycles. The quantitative estimate of drug-likeness (QED) is 0.422. The number of nitrogens with zero attached hydrogens (tertiary/aromatic N) is 1. The molecule has 1 aliphatic rings. The smallest absolute Gasteiger partial charge is 0.126 e. The average molecular weight is 383 g/mol. The summed E-state index contributed by atoms with van der Waals surface area (Å²) in [7, 11) is 2.05. The molecule has 1 heterocycles. The Hall–Kier alpha value is -0.860. The second-order valence-corrected chi connectivity index (χ2v) is 7.90. The minimum Gasteiger partial charge on any atom is -0.385 e. The zero-order valence-electron chi connectivity index (χ0n) is 15.9. The monoisotopic (exact) mass is 382 g/mol. The van der Waals surface area contributed by atoms with Crippen LogP contribution in [0.15, 0.2) is 28.4 Å². The second-order valence-electron chi connectivity index (χ2n) is 6.95. The molecule has 4 heteroatoms. The van der Waals surface area contributed by atoms with Gasteiger partial charge in [0.1, 0.15) is 4.49 Å².